The molecule has 0 fully saturated rings. The van der Waals surface area contributed by atoms with Gasteiger partial charge in [-0.2, -0.15) is 0 Å². The van der Waals surface area contributed by atoms with Gasteiger partial charge in [0.25, 0.3) is 0 Å². The minimum Gasteiger partial charge on any atom is -0.455 e. The third-order valence-electron chi connectivity index (χ3n) is 11.2. The zero-order valence-electron chi connectivity index (χ0n) is 30.3. The Morgan fingerprint density at radius 1 is 0.582 bits per heavy atom. The Kier molecular flexibility index (Phi) is 7.20. The number of nitrogens with zero attached hydrogens (tertiary/aromatic N) is 4. The summed E-state index contributed by atoms with van der Waals surface area (Å²) in [6, 6.07) is 50.7. The average molecular weight is 727 g/mol. The normalized spacial score (nSPS) is 16.9. The fraction of sp³-hybridized carbons (Fsp3) is 0.102. The predicted molar refractivity (Wildman–Crippen MR) is 226 cm³/mol. The molecule has 55 heavy (non-hydrogen) atoms. The third-order valence-corrected chi connectivity index (χ3v) is 12.5. The molecule has 0 amide bonds. The van der Waals surface area contributed by atoms with Crippen LogP contribution in [0.15, 0.2) is 172 Å². The van der Waals surface area contributed by atoms with E-state index in [1.54, 1.807) is 0 Å². The number of rotatable bonds is 5. The summed E-state index contributed by atoms with van der Waals surface area (Å²) >= 11 is 1.85. The lowest BCUT2D eigenvalue weighted by Crippen LogP contribution is -2.20. The Labute approximate surface area is 323 Å². The van der Waals surface area contributed by atoms with Gasteiger partial charge >= 0.3 is 0 Å². The summed E-state index contributed by atoms with van der Waals surface area (Å²) in [5, 5.41) is 3.21. The van der Waals surface area contributed by atoms with Crippen LogP contribution in [0.1, 0.15) is 37.0 Å². The molecule has 2 aromatic heterocycles. The maximum absolute atomic E-state index is 6.50. The lowest BCUT2D eigenvalue weighted by molar-refractivity contribution is 0.645. The summed E-state index contributed by atoms with van der Waals surface area (Å²) < 4.78 is 6.50. The number of para-hydroxylation sites is 2. The molecule has 3 aliphatic rings. The van der Waals surface area contributed by atoms with E-state index in [-0.39, 0.29) is 11.5 Å². The summed E-state index contributed by atoms with van der Waals surface area (Å²) in [6.45, 7) is 4.70. The fourth-order valence-electron chi connectivity index (χ4n) is 8.56. The molecule has 8 aromatic rings. The Morgan fingerprint density at radius 3 is 2.05 bits per heavy atom. The van der Waals surface area contributed by atoms with Crippen LogP contribution in [0.25, 0.3) is 72.8 Å². The van der Waals surface area contributed by atoms with Gasteiger partial charge in [-0.15, -0.1) is 0 Å². The Bertz CT molecular complexity index is 2960. The minimum absolute atomic E-state index is 0.160. The molecule has 1 aliphatic heterocycles. The lowest BCUT2D eigenvalue weighted by Gasteiger charge is -2.27. The van der Waals surface area contributed by atoms with E-state index in [9.17, 15) is 0 Å². The second kappa shape index (κ2) is 12.3. The zero-order valence-corrected chi connectivity index (χ0v) is 31.1. The molecule has 0 saturated heterocycles. The topological polar surface area (TPSA) is 64.2 Å². The molecule has 0 spiro atoms. The van der Waals surface area contributed by atoms with Gasteiger partial charge in [-0.25, -0.2) is 15.0 Å². The summed E-state index contributed by atoms with van der Waals surface area (Å²) in [7, 11) is 0. The highest BCUT2D eigenvalue weighted by Crippen LogP contribution is 2.57. The molecule has 0 radical (unpaired) electrons. The number of aromatic nitrogens is 3. The maximum atomic E-state index is 6.50. The number of fused-ring (bicyclic) bond motifs is 7. The molecule has 0 N–H and O–H groups in total. The molecule has 0 saturated carbocycles. The van der Waals surface area contributed by atoms with E-state index in [0.717, 1.165) is 61.2 Å². The smallest absolute Gasteiger partial charge is 0.167 e. The van der Waals surface area contributed by atoms with E-state index in [1.807, 2.05) is 42.1 Å². The molecule has 262 valence electrons. The van der Waals surface area contributed by atoms with Crippen LogP contribution in [0.3, 0.4) is 0 Å². The van der Waals surface area contributed by atoms with Crippen molar-refractivity contribution in [2.45, 2.75) is 31.7 Å². The molecular formula is C49H34N4OS. The van der Waals surface area contributed by atoms with Gasteiger partial charge in [-0.1, -0.05) is 153 Å². The third kappa shape index (κ3) is 5.16. The zero-order chi connectivity index (χ0) is 36.7. The number of aliphatic imine (C=N–C) groups is 1. The van der Waals surface area contributed by atoms with Crippen LogP contribution in [0, 0.1) is 0 Å². The number of benzene rings is 6. The minimum atomic E-state index is -0.234. The molecule has 11 rings (SSSR count). The highest BCUT2D eigenvalue weighted by molar-refractivity contribution is 8.18. The lowest BCUT2D eigenvalue weighted by atomic mass is 9.79. The van der Waals surface area contributed by atoms with Crippen LogP contribution < -0.4 is 0 Å². The molecule has 6 aromatic carbocycles. The van der Waals surface area contributed by atoms with E-state index in [4.69, 9.17) is 24.4 Å². The van der Waals surface area contributed by atoms with Crippen molar-refractivity contribution in [1.82, 2.24) is 15.0 Å². The highest BCUT2D eigenvalue weighted by Gasteiger charge is 2.45. The number of allylic oxidation sites excluding steroid dienone is 2. The molecule has 1 atom stereocenters. The van der Waals surface area contributed by atoms with E-state index in [0.29, 0.717) is 17.5 Å². The highest BCUT2D eigenvalue weighted by atomic mass is 32.2. The largest absolute Gasteiger partial charge is 0.455 e. The van der Waals surface area contributed by atoms with Crippen molar-refractivity contribution in [2.75, 3.05) is 0 Å². The number of hydrogen-bond acceptors (Lipinski definition) is 6. The van der Waals surface area contributed by atoms with Crippen LogP contribution >= 0.6 is 11.8 Å². The Morgan fingerprint density at radius 2 is 1.24 bits per heavy atom. The fourth-order valence-corrected chi connectivity index (χ4v) is 9.95. The molecule has 1 unspecified atom stereocenters. The van der Waals surface area contributed by atoms with E-state index in [1.165, 1.54) is 32.7 Å². The van der Waals surface area contributed by atoms with E-state index < -0.39 is 0 Å². The van der Waals surface area contributed by atoms with Crippen molar-refractivity contribution in [3.8, 4) is 45.3 Å². The van der Waals surface area contributed by atoms with Crippen LogP contribution in [-0.4, -0.2) is 26.0 Å². The summed E-state index contributed by atoms with van der Waals surface area (Å²) in [5.74, 6) is 1.82. The van der Waals surface area contributed by atoms with Gasteiger partial charge < -0.3 is 4.42 Å². The Balaban J connectivity index is 1.06. The van der Waals surface area contributed by atoms with Crippen LogP contribution in [0.5, 0.6) is 0 Å². The van der Waals surface area contributed by atoms with Crippen molar-refractivity contribution in [1.29, 1.82) is 0 Å². The van der Waals surface area contributed by atoms with Crippen molar-refractivity contribution >= 4 is 44.3 Å². The van der Waals surface area contributed by atoms with Crippen LogP contribution in [-0.2, 0) is 5.41 Å². The Hall–Kier alpha value is -6.37. The van der Waals surface area contributed by atoms with Crippen molar-refractivity contribution in [3.05, 3.63) is 179 Å². The van der Waals surface area contributed by atoms with Crippen molar-refractivity contribution in [3.63, 3.8) is 0 Å². The van der Waals surface area contributed by atoms with Crippen LogP contribution in [0.2, 0.25) is 0 Å². The van der Waals surface area contributed by atoms with E-state index >= 15 is 0 Å². The molecule has 0 bridgehead atoms. The van der Waals surface area contributed by atoms with Gasteiger partial charge in [0, 0.05) is 37.8 Å². The second-order valence-electron chi connectivity index (χ2n) is 14.9. The first kappa shape index (κ1) is 32.1. The van der Waals surface area contributed by atoms with Crippen molar-refractivity contribution < 1.29 is 4.42 Å². The number of thioether (sulfide) groups is 1. The molecule has 5 nitrogen and oxygen atoms in total. The SMILES string of the molecule is CC1(C)C2=C3SC(c4ccccc4)=NC3CC=C2c2ccc(-c3nc(-c4cccc(-c5ccccc5)c4)nc(-c4cccc5c4oc4ccccc45)n3)cc21. The summed E-state index contributed by atoms with van der Waals surface area (Å²) in [6.07, 6.45) is 3.31. The predicted octanol–water partition coefficient (Wildman–Crippen LogP) is 12.3. The maximum Gasteiger partial charge on any atom is 0.167 e. The quantitative estimate of drug-likeness (QED) is 0.177. The standard InChI is InChI=1S/C49H34N4OS/c1-49(2)39-28-33(23-24-34(39)36-25-26-40-44(42(36)49)55-48(50-40)30-15-7-4-8-16-30)46-51-45(32-18-11-17-31(27-32)29-13-5-3-6-14-29)52-47(53-46)38-21-12-20-37-35-19-9-10-22-41(35)54-43(37)38/h3-25,27-28,40H,26H2,1-2H3. The first-order chi connectivity index (χ1) is 27.0. The van der Waals surface area contributed by atoms with E-state index in [2.05, 4.69) is 135 Å². The number of furan rings is 1. The summed E-state index contributed by atoms with van der Waals surface area (Å²) in [4.78, 5) is 22.2. The van der Waals surface area contributed by atoms with Gasteiger partial charge in [0.15, 0.2) is 17.5 Å². The average Bonchev–Trinajstić information content (AvgIpc) is 3.91. The second-order valence-corrected chi connectivity index (χ2v) is 16.0. The first-order valence-electron chi connectivity index (χ1n) is 18.7. The van der Waals surface area contributed by atoms with Gasteiger partial charge in [0.1, 0.15) is 16.2 Å². The molecular weight excluding hydrogens is 693 g/mol. The van der Waals surface area contributed by atoms with Gasteiger partial charge in [-0.05, 0) is 64.1 Å². The summed E-state index contributed by atoms with van der Waals surface area (Å²) in [5.41, 5.74) is 12.8. The number of hydrogen-bond donors (Lipinski definition) is 0. The van der Waals surface area contributed by atoms with Gasteiger partial charge in [0.05, 0.1) is 11.6 Å². The molecule has 3 heterocycles. The van der Waals surface area contributed by atoms with Crippen molar-refractivity contribution in [2.24, 2.45) is 4.99 Å². The van der Waals surface area contributed by atoms with Crippen LogP contribution in [0.4, 0.5) is 0 Å². The molecule has 6 heteroatoms. The monoisotopic (exact) mass is 726 g/mol. The first-order valence-corrected chi connectivity index (χ1v) is 19.6. The van der Waals surface area contributed by atoms with Gasteiger partial charge in [0.2, 0.25) is 0 Å². The van der Waals surface area contributed by atoms with Gasteiger partial charge in [-0.3, -0.25) is 4.99 Å². The molecule has 2 aliphatic carbocycles.